The van der Waals surface area contributed by atoms with E-state index in [0.717, 1.165) is 13.1 Å². The minimum atomic E-state index is -2.73. The fourth-order valence-corrected chi connectivity index (χ4v) is 6.62. The first-order valence-corrected chi connectivity index (χ1v) is 12.9. The number of piperazine rings is 1. The number of aliphatic hydroxyl groups excluding tert-OH is 2. The number of hydrogen-bond acceptors (Lipinski definition) is 11. The van der Waals surface area contributed by atoms with E-state index in [9.17, 15) is 39.9 Å². The molecule has 5 atom stereocenters. The lowest BCUT2D eigenvalue weighted by atomic mass is 9.54. The van der Waals surface area contributed by atoms with Gasteiger partial charge in [0, 0.05) is 43.6 Å². The van der Waals surface area contributed by atoms with E-state index >= 15 is 0 Å². The number of aromatic hydroxyl groups is 1. The highest BCUT2D eigenvalue weighted by atomic mass is 35.5. The molecule has 1 saturated carbocycles. The Labute approximate surface area is 242 Å². The van der Waals surface area contributed by atoms with Gasteiger partial charge in [-0.2, -0.15) is 0 Å². The second kappa shape index (κ2) is 11.3. The normalized spacial score (nSPS) is 31.5. The highest BCUT2D eigenvalue weighted by molar-refractivity contribution is 6.25. The van der Waals surface area contributed by atoms with Gasteiger partial charge in [0.05, 0.1) is 23.9 Å². The lowest BCUT2D eigenvalue weighted by Gasteiger charge is -2.53. The Bertz CT molecular complexity index is 1320. The number of likely N-dealkylation sites (N-methyl/N-ethyl adjacent to an activating group) is 1. The molecule has 1 aliphatic heterocycles. The molecule has 0 radical (unpaired) electrons. The van der Waals surface area contributed by atoms with Gasteiger partial charge in [-0.1, -0.05) is 12.1 Å². The van der Waals surface area contributed by atoms with Crippen molar-refractivity contribution in [1.82, 2.24) is 20.4 Å². The van der Waals surface area contributed by atoms with Crippen LogP contribution < -0.4 is 10.6 Å². The van der Waals surface area contributed by atoms with E-state index in [1.807, 2.05) is 4.90 Å². The second-order valence-electron chi connectivity index (χ2n) is 11.1. The SMILES string of the molecule is CN(C)C1C(=O)C(C(=O)NCN2CCNCC2)=C(O)C2(O)C(=O)C3=C(O)c4c(O)cccc4C(C)(O)C3CC12.Cl.O. The average Bonchev–Trinajstić information content (AvgIpc) is 2.88. The first-order valence-electron chi connectivity index (χ1n) is 12.9. The molecule has 226 valence electrons. The molecule has 1 saturated heterocycles. The summed E-state index contributed by atoms with van der Waals surface area (Å²) in [6.45, 7) is 4.30. The number of fused-ring (bicyclic) bond motifs is 3. The smallest absolute Gasteiger partial charge is 0.259 e. The van der Waals surface area contributed by atoms with Gasteiger partial charge in [0.25, 0.3) is 5.91 Å². The predicted octanol–water partition coefficient (Wildman–Crippen LogP) is -1.28. The summed E-state index contributed by atoms with van der Waals surface area (Å²) in [4.78, 5) is 44.4. The van der Waals surface area contributed by atoms with Crippen LogP contribution in [0.2, 0.25) is 0 Å². The summed E-state index contributed by atoms with van der Waals surface area (Å²) in [5, 5.41) is 62.3. The van der Waals surface area contributed by atoms with Crippen molar-refractivity contribution in [2.24, 2.45) is 11.8 Å². The minimum absolute atomic E-state index is 0. The molecule has 3 aliphatic carbocycles. The maximum atomic E-state index is 14.1. The van der Waals surface area contributed by atoms with Crippen molar-refractivity contribution in [2.45, 2.75) is 30.6 Å². The zero-order chi connectivity index (χ0) is 28.4. The van der Waals surface area contributed by atoms with Crippen molar-refractivity contribution in [3.05, 3.63) is 46.2 Å². The van der Waals surface area contributed by atoms with Crippen LogP contribution >= 0.6 is 12.4 Å². The van der Waals surface area contributed by atoms with Crippen LogP contribution in [-0.4, -0.2) is 117 Å². The molecule has 0 bridgehead atoms. The number of phenols is 1. The molecule has 9 N–H and O–H groups in total. The molecule has 4 aliphatic rings. The Balaban J connectivity index is 0.00000231. The number of aliphatic hydroxyl groups is 4. The Morgan fingerprint density at radius 2 is 1.78 bits per heavy atom. The average molecular weight is 597 g/mol. The van der Waals surface area contributed by atoms with Gasteiger partial charge >= 0.3 is 0 Å². The molecule has 1 amide bonds. The summed E-state index contributed by atoms with van der Waals surface area (Å²) in [5.41, 5.74) is -5.58. The van der Waals surface area contributed by atoms with E-state index in [2.05, 4.69) is 10.6 Å². The molecule has 13 nitrogen and oxygen atoms in total. The summed E-state index contributed by atoms with van der Waals surface area (Å²) < 4.78 is 0. The minimum Gasteiger partial charge on any atom is -0.508 e. The fraction of sp³-hybridized carbons (Fsp3) is 0.519. The first-order chi connectivity index (χ1) is 18.3. The van der Waals surface area contributed by atoms with Crippen LogP contribution in [0.5, 0.6) is 5.75 Å². The number of rotatable bonds is 4. The molecule has 5 unspecified atom stereocenters. The second-order valence-corrected chi connectivity index (χ2v) is 11.1. The quantitative estimate of drug-likeness (QED) is 0.203. The molecule has 5 rings (SSSR count). The van der Waals surface area contributed by atoms with Crippen LogP contribution in [-0.2, 0) is 20.0 Å². The van der Waals surface area contributed by atoms with Crippen LogP contribution in [0.25, 0.3) is 5.76 Å². The monoisotopic (exact) mass is 596 g/mol. The lowest BCUT2D eigenvalue weighted by molar-refractivity contribution is -0.159. The number of amides is 1. The Kier molecular flexibility index (Phi) is 8.97. The fourth-order valence-electron chi connectivity index (χ4n) is 6.62. The third kappa shape index (κ3) is 4.71. The Hall–Kier alpha value is -3.04. The summed E-state index contributed by atoms with van der Waals surface area (Å²) in [5.74, 6) is -7.24. The van der Waals surface area contributed by atoms with Crippen LogP contribution in [0, 0.1) is 11.8 Å². The van der Waals surface area contributed by atoms with Gasteiger partial charge < -0.3 is 41.6 Å². The summed E-state index contributed by atoms with van der Waals surface area (Å²) in [6, 6.07) is 3.10. The van der Waals surface area contributed by atoms with E-state index in [4.69, 9.17) is 0 Å². The largest absolute Gasteiger partial charge is 0.508 e. The van der Waals surface area contributed by atoms with E-state index in [1.54, 1.807) is 14.1 Å². The van der Waals surface area contributed by atoms with Crippen LogP contribution in [0.4, 0.5) is 0 Å². The first kappa shape index (κ1) is 32.5. The van der Waals surface area contributed by atoms with Gasteiger partial charge in [-0.15, -0.1) is 12.4 Å². The maximum absolute atomic E-state index is 14.1. The number of phenolic OH excluding ortho intramolecular Hbond substituents is 1. The third-order valence-electron chi connectivity index (χ3n) is 8.67. The van der Waals surface area contributed by atoms with Crippen molar-refractivity contribution in [1.29, 1.82) is 0 Å². The predicted molar refractivity (Wildman–Crippen MR) is 149 cm³/mol. The number of nitrogens with one attached hydrogen (secondary N) is 2. The van der Waals surface area contributed by atoms with Gasteiger partial charge in [0.2, 0.25) is 5.78 Å². The van der Waals surface area contributed by atoms with Gasteiger partial charge in [-0.05, 0) is 39.1 Å². The Morgan fingerprint density at radius 3 is 2.39 bits per heavy atom. The van der Waals surface area contributed by atoms with Gasteiger partial charge in [-0.25, -0.2) is 0 Å². The number of halogens is 1. The third-order valence-corrected chi connectivity index (χ3v) is 8.67. The molecule has 0 spiro atoms. The molecule has 0 aromatic heterocycles. The molecule has 2 fully saturated rings. The standard InChI is InChI=1S/C27H34N4O8.ClH.H2O/c1-26(38)13-5-4-6-16(32)17(13)21(33)18-14(26)11-15-20(30(2)3)22(34)19(24(36)27(15,39)23(18)35)25(37)29-12-31-9-7-28-8-10-31;;/h4-6,14-15,20,28,32-33,36,38-39H,7-12H2,1-3H3,(H,29,37);1H;1H2. The number of hydrogen-bond donors (Lipinski definition) is 7. The summed E-state index contributed by atoms with van der Waals surface area (Å²) in [7, 11) is 3.11. The molecular weight excluding hydrogens is 560 g/mol. The highest BCUT2D eigenvalue weighted by Gasteiger charge is 2.66. The molecule has 41 heavy (non-hydrogen) atoms. The number of Topliss-reactive ketones (excluding diaryl/α,β-unsaturated/α-hetero) is 2. The van der Waals surface area contributed by atoms with Crippen molar-refractivity contribution < 1.29 is 45.4 Å². The van der Waals surface area contributed by atoms with E-state index < -0.39 is 63.6 Å². The van der Waals surface area contributed by atoms with Crippen LogP contribution in [0.3, 0.4) is 0 Å². The maximum Gasteiger partial charge on any atom is 0.259 e. The van der Waals surface area contributed by atoms with Crippen LogP contribution in [0.1, 0.15) is 24.5 Å². The topological polar surface area (TPSA) is 214 Å². The molecule has 1 aromatic carbocycles. The lowest BCUT2D eigenvalue weighted by Crippen LogP contribution is -2.67. The van der Waals surface area contributed by atoms with Crippen molar-refractivity contribution in [2.75, 3.05) is 46.9 Å². The number of nitrogens with zero attached hydrogens (tertiary/aromatic N) is 2. The van der Waals surface area contributed by atoms with Crippen molar-refractivity contribution in [3.8, 4) is 5.75 Å². The van der Waals surface area contributed by atoms with Gasteiger partial charge in [0.15, 0.2) is 11.4 Å². The highest BCUT2D eigenvalue weighted by Crippen LogP contribution is 2.57. The van der Waals surface area contributed by atoms with Gasteiger partial charge in [-0.3, -0.25) is 24.2 Å². The molecule has 1 aromatic rings. The van der Waals surface area contributed by atoms with Crippen molar-refractivity contribution >= 4 is 35.6 Å². The molecule has 14 heteroatoms. The number of benzene rings is 1. The summed E-state index contributed by atoms with van der Waals surface area (Å²) >= 11 is 0. The number of carbonyl (C=O) groups excluding carboxylic acids is 3. The molecule has 1 heterocycles. The summed E-state index contributed by atoms with van der Waals surface area (Å²) in [6.07, 6.45) is -0.182. The number of ketones is 2. The van der Waals surface area contributed by atoms with Crippen molar-refractivity contribution in [3.63, 3.8) is 0 Å². The zero-order valence-electron chi connectivity index (χ0n) is 23.0. The molecular formula is C27H37ClN4O9. The zero-order valence-corrected chi connectivity index (χ0v) is 23.8. The van der Waals surface area contributed by atoms with E-state index in [0.29, 0.717) is 13.1 Å². The van der Waals surface area contributed by atoms with E-state index in [1.165, 1.54) is 30.0 Å². The van der Waals surface area contributed by atoms with E-state index in [-0.39, 0.29) is 53.4 Å². The van der Waals surface area contributed by atoms with Crippen LogP contribution in [0.15, 0.2) is 35.1 Å². The Morgan fingerprint density at radius 1 is 1.15 bits per heavy atom. The number of carbonyl (C=O) groups is 3. The van der Waals surface area contributed by atoms with Gasteiger partial charge in [0.1, 0.15) is 22.8 Å².